The van der Waals surface area contributed by atoms with Gasteiger partial charge in [-0.05, 0) is 61.5 Å². The van der Waals surface area contributed by atoms with Gasteiger partial charge in [0.05, 0.1) is 15.7 Å². The lowest BCUT2D eigenvalue weighted by atomic mass is 9.71. The number of nitrogens with one attached hydrogen (secondary N) is 3. The number of aromatic amines is 1. The van der Waals surface area contributed by atoms with E-state index in [1.54, 1.807) is 6.07 Å². The summed E-state index contributed by atoms with van der Waals surface area (Å²) in [6.07, 6.45) is 4.18. The van der Waals surface area contributed by atoms with Gasteiger partial charge in [-0.1, -0.05) is 0 Å². The molecule has 3 aliphatic rings. The summed E-state index contributed by atoms with van der Waals surface area (Å²) in [5.74, 6) is -0.0000347. The zero-order valence-electron chi connectivity index (χ0n) is 18.1. The van der Waals surface area contributed by atoms with Crippen molar-refractivity contribution in [1.29, 1.82) is 0 Å². The van der Waals surface area contributed by atoms with Crippen LogP contribution in [0.1, 0.15) is 25.7 Å². The Balaban J connectivity index is 1.62. The molecule has 1 aromatic heterocycles. The molecule has 0 atom stereocenters. The van der Waals surface area contributed by atoms with Gasteiger partial charge in [0.25, 0.3) is 0 Å². The number of nitrogens with zero attached hydrogens (tertiary/aromatic N) is 4. The molecule has 1 aromatic carbocycles. The molecule has 0 bridgehead atoms. The Morgan fingerprint density at radius 2 is 1.70 bits per heavy atom. The first kappa shape index (κ1) is 22.7. The number of hydrogen-bond acceptors (Lipinski definition) is 10. The van der Waals surface area contributed by atoms with Crippen LogP contribution in [0.2, 0.25) is 0 Å². The first-order chi connectivity index (χ1) is 15.7. The molecule has 3 saturated heterocycles. The lowest BCUT2D eigenvalue weighted by molar-refractivity contribution is 0.155. The van der Waals surface area contributed by atoms with E-state index in [-0.39, 0.29) is 34.8 Å². The Morgan fingerprint density at radius 3 is 2.24 bits per heavy atom. The Hall–Kier alpha value is -2.13. The molecule has 1 spiro atoms. The maximum absolute atomic E-state index is 13.2. The van der Waals surface area contributed by atoms with Crippen LogP contribution in [0.3, 0.4) is 0 Å². The van der Waals surface area contributed by atoms with Gasteiger partial charge in [0.1, 0.15) is 4.90 Å². The van der Waals surface area contributed by atoms with Crippen molar-refractivity contribution in [2.75, 3.05) is 44.2 Å². The molecule has 2 aromatic rings. The SMILES string of the molecule is NS(=O)(=O)c1c(S(=O)(=O)C2CNC2)ccc(N2CCC3(CCNCC3)CC2)c1-c1nn[nH]n1. The minimum atomic E-state index is -4.44. The number of aromatic nitrogens is 4. The van der Waals surface area contributed by atoms with E-state index in [1.807, 2.05) is 0 Å². The zero-order chi connectivity index (χ0) is 23.3. The lowest BCUT2D eigenvalue weighted by Gasteiger charge is -2.45. The van der Waals surface area contributed by atoms with E-state index in [0.29, 0.717) is 18.8 Å². The molecule has 14 heteroatoms. The maximum Gasteiger partial charge on any atom is 0.240 e. The standard InChI is InChI=1S/C19H28N8O4S2/c20-33(30,31)17-15(32(28,29)13-11-22-12-13)2-1-14(16(17)18-23-25-26-24-18)27-9-5-19(6-10-27)3-7-21-8-4-19/h1-2,13,21-22H,3-12H2,(H2,20,30,31)(H,23,24,25,26). The molecule has 0 amide bonds. The number of primary sulfonamides is 1. The third-order valence-corrected chi connectivity index (χ3v) is 10.6. The number of rotatable bonds is 5. The molecule has 180 valence electrons. The molecule has 3 fully saturated rings. The van der Waals surface area contributed by atoms with Crippen LogP contribution in [0, 0.1) is 5.41 Å². The normalized spacial score (nSPS) is 21.8. The Morgan fingerprint density at radius 1 is 1.00 bits per heavy atom. The van der Waals surface area contributed by atoms with Crippen LogP contribution >= 0.6 is 0 Å². The quantitative estimate of drug-likeness (QED) is 0.411. The van der Waals surface area contributed by atoms with Gasteiger partial charge in [-0.2, -0.15) is 5.21 Å². The van der Waals surface area contributed by atoms with Gasteiger partial charge in [-0.15, -0.1) is 10.2 Å². The van der Waals surface area contributed by atoms with Crippen molar-refractivity contribution in [2.45, 2.75) is 40.7 Å². The average molecular weight is 497 g/mol. The first-order valence-electron chi connectivity index (χ1n) is 11.1. The molecule has 0 radical (unpaired) electrons. The molecule has 0 aliphatic carbocycles. The molecular formula is C19H28N8O4S2. The second-order valence-corrected chi connectivity index (χ2v) is 12.8. The van der Waals surface area contributed by atoms with Gasteiger partial charge in [0.2, 0.25) is 15.8 Å². The maximum atomic E-state index is 13.2. The van der Waals surface area contributed by atoms with Gasteiger partial charge in [0.15, 0.2) is 9.84 Å². The van der Waals surface area contributed by atoms with Crippen molar-refractivity contribution < 1.29 is 16.8 Å². The second kappa shape index (κ2) is 8.27. The minimum Gasteiger partial charge on any atom is -0.371 e. The number of nitrogens with two attached hydrogens (primary N) is 1. The average Bonchev–Trinajstić information content (AvgIpc) is 3.26. The summed E-state index contributed by atoms with van der Waals surface area (Å²) in [4.78, 5) is 1.30. The highest BCUT2D eigenvalue weighted by Gasteiger charge is 2.41. The highest BCUT2D eigenvalue weighted by atomic mass is 32.2. The first-order valence-corrected chi connectivity index (χ1v) is 14.1. The van der Waals surface area contributed by atoms with Crippen LogP contribution in [-0.2, 0) is 19.9 Å². The minimum absolute atomic E-state index is 0.0000347. The van der Waals surface area contributed by atoms with Crippen LogP contribution in [0.15, 0.2) is 21.9 Å². The van der Waals surface area contributed by atoms with E-state index < -0.39 is 30.0 Å². The number of anilines is 1. The highest BCUT2D eigenvalue weighted by molar-refractivity contribution is 7.94. The van der Waals surface area contributed by atoms with Gasteiger partial charge < -0.3 is 15.5 Å². The van der Waals surface area contributed by atoms with Gasteiger partial charge in [-0.25, -0.2) is 22.0 Å². The molecule has 3 aliphatic heterocycles. The zero-order valence-corrected chi connectivity index (χ0v) is 19.8. The highest BCUT2D eigenvalue weighted by Crippen LogP contribution is 2.44. The summed E-state index contributed by atoms with van der Waals surface area (Å²) >= 11 is 0. The molecule has 5 rings (SSSR count). The summed E-state index contributed by atoms with van der Waals surface area (Å²) in [6.45, 7) is 3.96. The van der Waals surface area contributed by atoms with Crippen molar-refractivity contribution in [1.82, 2.24) is 31.3 Å². The topological polar surface area (TPSA) is 176 Å². The largest absolute Gasteiger partial charge is 0.371 e. The number of tetrazole rings is 1. The summed E-state index contributed by atoms with van der Waals surface area (Å²) in [6, 6.07) is 3.01. The predicted octanol–water partition coefficient (Wildman–Crippen LogP) is -0.770. The third kappa shape index (κ3) is 4.03. The fourth-order valence-corrected chi connectivity index (χ4v) is 8.32. The smallest absolute Gasteiger partial charge is 0.240 e. The molecule has 4 heterocycles. The number of benzene rings is 1. The van der Waals surface area contributed by atoms with Crippen molar-refractivity contribution in [3.63, 3.8) is 0 Å². The molecule has 0 unspecified atom stereocenters. The summed E-state index contributed by atoms with van der Waals surface area (Å²) < 4.78 is 52.1. The molecule has 5 N–H and O–H groups in total. The van der Waals surface area contributed by atoms with Crippen LogP contribution < -0.4 is 20.7 Å². The van der Waals surface area contributed by atoms with E-state index >= 15 is 0 Å². The van der Waals surface area contributed by atoms with Gasteiger partial charge in [0, 0.05) is 31.9 Å². The van der Waals surface area contributed by atoms with E-state index in [9.17, 15) is 16.8 Å². The van der Waals surface area contributed by atoms with Gasteiger partial charge >= 0.3 is 0 Å². The Bertz CT molecular complexity index is 1230. The van der Waals surface area contributed by atoms with Crippen LogP contribution in [0.5, 0.6) is 0 Å². The van der Waals surface area contributed by atoms with Crippen molar-refractivity contribution in [3.05, 3.63) is 12.1 Å². The molecule has 12 nitrogen and oxygen atoms in total. The lowest BCUT2D eigenvalue weighted by Crippen LogP contribution is -2.51. The number of sulfone groups is 1. The second-order valence-electron chi connectivity index (χ2n) is 9.13. The van der Waals surface area contributed by atoms with E-state index in [0.717, 1.165) is 38.8 Å². The fraction of sp³-hybridized carbons (Fsp3) is 0.632. The summed E-state index contributed by atoms with van der Waals surface area (Å²) in [5.41, 5.74) is 0.924. The van der Waals surface area contributed by atoms with Crippen molar-refractivity contribution in [2.24, 2.45) is 10.6 Å². The van der Waals surface area contributed by atoms with Crippen LogP contribution in [-0.4, -0.2) is 82.0 Å². The number of H-pyrrole nitrogens is 1. The summed E-state index contributed by atoms with van der Waals surface area (Å²) in [5, 5.41) is 25.1. The molecule has 0 saturated carbocycles. The van der Waals surface area contributed by atoms with Crippen LogP contribution in [0.4, 0.5) is 5.69 Å². The monoisotopic (exact) mass is 496 g/mol. The van der Waals surface area contributed by atoms with Crippen molar-refractivity contribution >= 4 is 25.5 Å². The van der Waals surface area contributed by atoms with Crippen molar-refractivity contribution in [3.8, 4) is 11.4 Å². The number of piperidine rings is 2. The molecular weight excluding hydrogens is 468 g/mol. The summed E-state index contributed by atoms with van der Waals surface area (Å²) in [7, 11) is -8.37. The third-order valence-electron chi connectivity index (χ3n) is 7.27. The van der Waals surface area contributed by atoms with Gasteiger partial charge in [-0.3, -0.25) is 0 Å². The Labute approximate surface area is 192 Å². The Kier molecular flexibility index (Phi) is 5.68. The number of sulfonamides is 1. The van der Waals surface area contributed by atoms with E-state index in [4.69, 9.17) is 5.14 Å². The van der Waals surface area contributed by atoms with Crippen LogP contribution in [0.25, 0.3) is 11.4 Å². The predicted molar refractivity (Wildman–Crippen MR) is 121 cm³/mol. The molecule has 33 heavy (non-hydrogen) atoms. The number of hydrogen-bond donors (Lipinski definition) is 4. The van der Waals surface area contributed by atoms with E-state index in [1.165, 1.54) is 6.07 Å². The fourth-order valence-electron chi connectivity index (χ4n) is 5.15. The van der Waals surface area contributed by atoms with E-state index in [2.05, 4.69) is 36.2 Å².